The molecule has 2 nitrogen and oxygen atoms in total. The molecular weight excluding hydrogens is 617 g/mol. The molecule has 0 aliphatic rings. The molecule has 2 heteroatoms. The molecule has 0 aliphatic carbocycles. The first-order chi connectivity index (χ1) is 25.2. The van der Waals surface area contributed by atoms with Crippen molar-refractivity contribution < 1.29 is 0 Å². The van der Waals surface area contributed by atoms with Gasteiger partial charge < -0.3 is 9.47 Å². The average Bonchev–Trinajstić information content (AvgIpc) is 3.57. The number of nitrogens with zero attached hydrogens (tertiary/aromatic N) is 2. The summed E-state index contributed by atoms with van der Waals surface area (Å²) in [5, 5.41) is 10.2. The fraction of sp³-hybridized carbons (Fsp3) is 0.0204. The second-order valence-corrected chi connectivity index (χ2v) is 13.4. The van der Waals surface area contributed by atoms with Crippen molar-refractivity contribution in [3.63, 3.8) is 0 Å². The van der Waals surface area contributed by atoms with Crippen LogP contribution in [-0.2, 0) is 0 Å². The summed E-state index contributed by atoms with van der Waals surface area (Å²) in [5.41, 5.74) is 10.8. The summed E-state index contributed by atoms with van der Waals surface area (Å²) in [4.78, 5) is 2.22. The van der Waals surface area contributed by atoms with Crippen LogP contribution in [-0.4, -0.2) is 11.6 Å². The van der Waals surface area contributed by atoms with Crippen LogP contribution in [0.5, 0.6) is 0 Å². The van der Waals surface area contributed by atoms with Gasteiger partial charge in [-0.05, 0) is 91.6 Å². The van der Waals surface area contributed by atoms with E-state index in [0.29, 0.717) is 0 Å². The summed E-state index contributed by atoms with van der Waals surface area (Å²) >= 11 is 0. The van der Waals surface area contributed by atoms with Crippen molar-refractivity contribution in [1.82, 2.24) is 4.57 Å². The number of aromatic nitrogens is 1. The van der Waals surface area contributed by atoms with Gasteiger partial charge in [-0.25, -0.2) is 0 Å². The topological polar surface area (TPSA) is 8.17 Å². The minimum Gasteiger partial charge on any atom is -0.345 e. The summed E-state index contributed by atoms with van der Waals surface area (Å²) in [6.45, 7) is 0. The van der Waals surface area contributed by atoms with Crippen LogP contribution in [0.3, 0.4) is 0 Å². The van der Waals surface area contributed by atoms with E-state index < -0.39 is 0 Å². The van der Waals surface area contributed by atoms with Crippen LogP contribution in [0, 0.1) is 0 Å². The molecule has 0 saturated heterocycles. The van der Waals surface area contributed by atoms with E-state index in [1.807, 2.05) is 0 Å². The maximum Gasteiger partial charge on any atom is 0.0626 e. The summed E-state index contributed by atoms with van der Waals surface area (Å²) in [7, 11) is 2.11. The Morgan fingerprint density at radius 2 is 0.961 bits per heavy atom. The molecule has 10 rings (SSSR count). The van der Waals surface area contributed by atoms with Crippen LogP contribution < -0.4 is 4.90 Å². The summed E-state index contributed by atoms with van der Waals surface area (Å²) < 4.78 is 2.50. The number of para-hydroxylation sites is 1. The number of anilines is 2. The van der Waals surface area contributed by atoms with Crippen LogP contribution in [0.2, 0.25) is 0 Å². The maximum atomic E-state index is 2.50. The van der Waals surface area contributed by atoms with Gasteiger partial charge in [0.1, 0.15) is 0 Å². The highest BCUT2D eigenvalue weighted by Crippen LogP contribution is 2.46. The van der Waals surface area contributed by atoms with Gasteiger partial charge in [-0.3, -0.25) is 0 Å². The van der Waals surface area contributed by atoms with Crippen molar-refractivity contribution in [1.29, 1.82) is 0 Å². The standard InChI is InChI=1S/C49H34N2/c1-50(38-14-3-2-4-15-38)39-29-26-35(27-30-39)34-22-24-36(25-23-34)41-20-11-21-46-47(41)48-44-18-9-7-16-42(44)43-17-8-10-19-45(43)49(48)51(46)40-31-28-33-12-5-6-13-37(33)32-40/h2-32H,1H3. The molecule has 0 atom stereocenters. The first-order valence-electron chi connectivity index (χ1n) is 17.6. The Morgan fingerprint density at radius 3 is 1.71 bits per heavy atom. The molecule has 1 aromatic heterocycles. The Labute approximate surface area is 297 Å². The van der Waals surface area contributed by atoms with Crippen LogP contribution in [0.4, 0.5) is 11.4 Å². The monoisotopic (exact) mass is 650 g/mol. The number of fused-ring (bicyclic) bond motifs is 9. The highest BCUT2D eigenvalue weighted by Gasteiger charge is 2.21. The van der Waals surface area contributed by atoms with Crippen molar-refractivity contribution in [2.75, 3.05) is 11.9 Å². The van der Waals surface area contributed by atoms with Gasteiger partial charge in [0.05, 0.1) is 11.0 Å². The Hall–Kier alpha value is -6.64. The average molecular weight is 651 g/mol. The second-order valence-electron chi connectivity index (χ2n) is 13.4. The van der Waals surface area contributed by atoms with Crippen LogP contribution in [0.25, 0.3) is 82.1 Å². The van der Waals surface area contributed by atoms with E-state index in [4.69, 9.17) is 0 Å². The van der Waals surface area contributed by atoms with Gasteiger partial charge in [0.25, 0.3) is 0 Å². The fourth-order valence-electron chi connectivity index (χ4n) is 8.06. The van der Waals surface area contributed by atoms with Crippen molar-refractivity contribution in [2.24, 2.45) is 0 Å². The van der Waals surface area contributed by atoms with Crippen molar-refractivity contribution >= 4 is 65.5 Å². The molecule has 0 spiro atoms. The second kappa shape index (κ2) is 11.8. The van der Waals surface area contributed by atoms with Gasteiger partial charge in [-0.2, -0.15) is 0 Å². The van der Waals surface area contributed by atoms with Crippen molar-refractivity contribution in [3.8, 4) is 27.9 Å². The third-order valence-electron chi connectivity index (χ3n) is 10.6. The third kappa shape index (κ3) is 4.72. The molecule has 0 radical (unpaired) electrons. The first-order valence-corrected chi connectivity index (χ1v) is 17.6. The maximum absolute atomic E-state index is 2.50. The zero-order chi connectivity index (χ0) is 33.9. The van der Waals surface area contributed by atoms with Gasteiger partial charge in [0.15, 0.2) is 0 Å². The quantitative estimate of drug-likeness (QED) is 0.168. The minimum absolute atomic E-state index is 1.16. The summed E-state index contributed by atoms with van der Waals surface area (Å²) in [5.74, 6) is 0. The molecular formula is C49H34N2. The van der Waals surface area contributed by atoms with E-state index in [1.54, 1.807) is 0 Å². The van der Waals surface area contributed by atoms with Gasteiger partial charge in [-0.15, -0.1) is 0 Å². The van der Waals surface area contributed by atoms with Gasteiger partial charge >= 0.3 is 0 Å². The van der Waals surface area contributed by atoms with E-state index >= 15 is 0 Å². The van der Waals surface area contributed by atoms with E-state index in [-0.39, 0.29) is 0 Å². The minimum atomic E-state index is 1.16. The number of benzene rings is 9. The van der Waals surface area contributed by atoms with Gasteiger partial charge in [0.2, 0.25) is 0 Å². The lowest BCUT2D eigenvalue weighted by atomic mass is 9.93. The predicted molar refractivity (Wildman–Crippen MR) is 219 cm³/mol. The zero-order valence-electron chi connectivity index (χ0n) is 28.3. The molecule has 0 aliphatic heterocycles. The van der Waals surface area contributed by atoms with Gasteiger partial charge in [-0.1, -0.05) is 146 Å². The van der Waals surface area contributed by atoms with Gasteiger partial charge in [0, 0.05) is 40.3 Å². The highest BCUT2D eigenvalue weighted by molar-refractivity contribution is 6.34. The van der Waals surface area contributed by atoms with E-state index in [9.17, 15) is 0 Å². The van der Waals surface area contributed by atoms with Crippen LogP contribution >= 0.6 is 0 Å². The molecule has 9 aromatic carbocycles. The van der Waals surface area contributed by atoms with Crippen LogP contribution in [0.1, 0.15) is 0 Å². The highest BCUT2D eigenvalue weighted by atomic mass is 15.1. The Kier molecular flexibility index (Phi) is 6.75. The number of hydrogen-bond acceptors (Lipinski definition) is 1. The fourth-order valence-corrected chi connectivity index (χ4v) is 8.06. The normalized spacial score (nSPS) is 11.6. The summed E-state index contributed by atoms with van der Waals surface area (Å²) in [6, 6.07) is 68.5. The Balaban J connectivity index is 1.17. The Morgan fingerprint density at radius 1 is 0.392 bits per heavy atom. The molecule has 0 unspecified atom stereocenters. The van der Waals surface area contributed by atoms with Crippen LogP contribution in [0.15, 0.2) is 188 Å². The molecule has 51 heavy (non-hydrogen) atoms. The predicted octanol–water partition coefficient (Wildman–Crippen LogP) is 13.3. The largest absolute Gasteiger partial charge is 0.345 e. The molecule has 10 aromatic rings. The molecule has 0 N–H and O–H groups in total. The molecule has 0 fully saturated rings. The van der Waals surface area contributed by atoms with E-state index in [0.717, 1.165) is 5.69 Å². The lowest BCUT2D eigenvalue weighted by Crippen LogP contribution is -2.08. The zero-order valence-corrected chi connectivity index (χ0v) is 28.3. The van der Waals surface area contributed by atoms with Crippen molar-refractivity contribution in [3.05, 3.63) is 188 Å². The number of rotatable bonds is 5. The smallest absolute Gasteiger partial charge is 0.0626 e. The SMILES string of the molecule is CN(c1ccccc1)c1ccc(-c2ccc(-c3cccc4c3c3c5ccccc5c5ccccc5c3n4-c3ccc4ccccc4c3)cc2)cc1. The molecule has 240 valence electrons. The van der Waals surface area contributed by atoms with E-state index in [2.05, 4.69) is 205 Å². The Bertz CT molecular complexity index is 2900. The van der Waals surface area contributed by atoms with Crippen molar-refractivity contribution in [2.45, 2.75) is 0 Å². The summed E-state index contributed by atoms with van der Waals surface area (Å²) in [6.07, 6.45) is 0. The molecule has 0 amide bonds. The lowest BCUT2D eigenvalue weighted by molar-refractivity contribution is 1.19. The lowest BCUT2D eigenvalue weighted by Gasteiger charge is -2.19. The molecule has 0 bridgehead atoms. The first kappa shape index (κ1) is 29.3. The third-order valence-corrected chi connectivity index (χ3v) is 10.6. The van der Waals surface area contributed by atoms with E-state index in [1.165, 1.54) is 87.8 Å². The molecule has 0 saturated carbocycles. The number of hydrogen-bond donors (Lipinski definition) is 0. The molecule has 1 heterocycles.